The molecule has 0 spiro atoms. The van der Waals surface area contributed by atoms with Gasteiger partial charge in [-0.15, -0.1) is 0 Å². The fraction of sp³-hybridized carbons (Fsp3) is 0.308. The fourth-order valence-corrected chi connectivity index (χ4v) is 1.15. The van der Waals surface area contributed by atoms with Crippen LogP contribution in [0.1, 0.15) is 25.3 Å². The maximum Gasteiger partial charge on any atom is 0.330 e. The number of carbonyl (C=O) groups is 1. The van der Waals surface area contributed by atoms with E-state index >= 15 is 0 Å². The van der Waals surface area contributed by atoms with Crippen molar-refractivity contribution in [2.45, 2.75) is 19.8 Å². The molecular formula is C13H16O3. The summed E-state index contributed by atoms with van der Waals surface area (Å²) in [6.45, 7) is 2.48. The number of rotatable bonds is 5. The Morgan fingerprint density at radius 2 is 2.19 bits per heavy atom. The largest absolute Gasteiger partial charge is 0.507 e. The summed E-state index contributed by atoms with van der Waals surface area (Å²) in [5, 5.41) is 9.43. The Morgan fingerprint density at radius 1 is 1.44 bits per heavy atom. The van der Waals surface area contributed by atoms with Gasteiger partial charge in [-0.3, -0.25) is 0 Å². The predicted octanol–water partition coefficient (Wildman–Crippen LogP) is 2.75. The minimum atomic E-state index is -0.378. The van der Waals surface area contributed by atoms with Gasteiger partial charge in [0, 0.05) is 11.6 Å². The van der Waals surface area contributed by atoms with Gasteiger partial charge in [0.05, 0.1) is 6.61 Å². The van der Waals surface area contributed by atoms with Gasteiger partial charge in [-0.05, 0) is 18.6 Å². The molecule has 86 valence electrons. The lowest BCUT2D eigenvalue weighted by molar-refractivity contribution is -0.137. The van der Waals surface area contributed by atoms with E-state index in [4.69, 9.17) is 4.74 Å². The number of esters is 1. The van der Waals surface area contributed by atoms with Crippen molar-refractivity contribution in [2.75, 3.05) is 6.61 Å². The Kier molecular flexibility index (Phi) is 5.12. The molecule has 0 aliphatic rings. The van der Waals surface area contributed by atoms with Crippen molar-refractivity contribution >= 4 is 12.0 Å². The first kappa shape index (κ1) is 12.3. The Hall–Kier alpha value is -1.77. The molecule has 0 saturated carbocycles. The molecule has 0 unspecified atom stereocenters. The molecule has 0 aliphatic heterocycles. The van der Waals surface area contributed by atoms with Crippen molar-refractivity contribution in [3.63, 3.8) is 0 Å². The maximum absolute atomic E-state index is 11.2. The number of benzene rings is 1. The monoisotopic (exact) mass is 220 g/mol. The van der Waals surface area contributed by atoms with Crippen LogP contribution in [-0.2, 0) is 9.53 Å². The molecule has 3 nitrogen and oxygen atoms in total. The number of para-hydroxylation sites is 1. The Labute approximate surface area is 95.4 Å². The van der Waals surface area contributed by atoms with Crippen LogP contribution in [0.2, 0.25) is 0 Å². The van der Waals surface area contributed by atoms with E-state index in [1.807, 2.05) is 6.92 Å². The lowest BCUT2D eigenvalue weighted by atomic mass is 10.2. The molecule has 0 heterocycles. The summed E-state index contributed by atoms with van der Waals surface area (Å²) >= 11 is 0. The van der Waals surface area contributed by atoms with E-state index in [1.165, 1.54) is 6.08 Å². The summed E-state index contributed by atoms with van der Waals surface area (Å²) in [5.74, 6) is -0.225. The predicted molar refractivity (Wildman–Crippen MR) is 63.0 cm³/mol. The molecular weight excluding hydrogens is 204 g/mol. The van der Waals surface area contributed by atoms with Crippen LogP contribution in [0.3, 0.4) is 0 Å². The second-order valence-electron chi connectivity index (χ2n) is 3.41. The van der Waals surface area contributed by atoms with Gasteiger partial charge < -0.3 is 9.84 Å². The molecule has 0 atom stereocenters. The molecule has 1 N–H and O–H groups in total. The van der Waals surface area contributed by atoms with Crippen LogP contribution < -0.4 is 0 Å². The van der Waals surface area contributed by atoms with Gasteiger partial charge >= 0.3 is 5.97 Å². The van der Waals surface area contributed by atoms with Crippen molar-refractivity contribution in [3.8, 4) is 5.75 Å². The summed E-state index contributed by atoms with van der Waals surface area (Å²) in [6, 6.07) is 6.82. The van der Waals surface area contributed by atoms with E-state index in [-0.39, 0.29) is 11.7 Å². The molecule has 1 rings (SSSR count). The Balaban J connectivity index is 2.47. The molecule has 0 bridgehead atoms. The first-order valence-corrected chi connectivity index (χ1v) is 5.37. The van der Waals surface area contributed by atoms with Gasteiger partial charge in [0.25, 0.3) is 0 Å². The Bertz CT molecular complexity index is 369. The molecule has 0 radical (unpaired) electrons. The highest BCUT2D eigenvalue weighted by Gasteiger charge is 1.98. The molecule has 1 aromatic rings. The Morgan fingerprint density at radius 3 is 2.88 bits per heavy atom. The molecule has 16 heavy (non-hydrogen) atoms. The fourth-order valence-electron chi connectivity index (χ4n) is 1.15. The second-order valence-corrected chi connectivity index (χ2v) is 3.41. The summed E-state index contributed by atoms with van der Waals surface area (Å²) in [7, 11) is 0. The van der Waals surface area contributed by atoms with E-state index in [0.29, 0.717) is 12.2 Å². The van der Waals surface area contributed by atoms with Crippen molar-refractivity contribution in [1.29, 1.82) is 0 Å². The molecule has 0 fully saturated rings. The van der Waals surface area contributed by atoms with Gasteiger partial charge in [-0.2, -0.15) is 0 Å². The number of phenols is 1. The van der Waals surface area contributed by atoms with Gasteiger partial charge in [-0.1, -0.05) is 31.5 Å². The third-order valence-corrected chi connectivity index (χ3v) is 2.08. The lowest BCUT2D eigenvalue weighted by Gasteiger charge is -2.00. The summed E-state index contributed by atoms with van der Waals surface area (Å²) < 4.78 is 4.94. The number of aromatic hydroxyl groups is 1. The highest BCUT2D eigenvalue weighted by Crippen LogP contribution is 2.16. The van der Waals surface area contributed by atoms with Crippen LogP contribution in [0.15, 0.2) is 30.3 Å². The SMILES string of the molecule is CCCCOC(=O)/C=C/c1ccccc1O. The number of ether oxygens (including phenoxy) is 1. The average Bonchev–Trinajstić information content (AvgIpc) is 2.28. The van der Waals surface area contributed by atoms with Gasteiger partial charge in [0.1, 0.15) is 5.75 Å². The van der Waals surface area contributed by atoms with E-state index in [9.17, 15) is 9.90 Å². The third-order valence-electron chi connectivity index (χ3n) is 2.08. The highest BCUT2D eigenvalue weighted by atomic mass is 16.5. The summed E-state index contributed by atoms with van der Waals surface area (Å²) in [6.07, 6.45) is 4.74. The van der Waals surface area contributed by atoms with E-state index in [0.717, 1.165) is 12.8 Å². The molecule has 0 aliphatic carbocycles. The maximum atomic E-state index is 11.2. The number of hydrogen-bond acceptors (Lipinski definition) is 3. The number of hydrogen-bond donors (Lipinski definition) is 1. The van der Waals surface area contributed by atoms with Crippen LogP contribution >= 0.6 is 0 Å². The summed E-state index contributed by atoms with van der Waals surface area (Å²) in [5.41, 5.74) is 0.606. The van der Waals surface area contributed by atoms with Gasteiger partial charge in [0.2, 0.25) is 0 Å². The molecule has 0 saturated heterocycles. The van der Waals surface area contributed by atoms with Crippen LogP contribution in [-0.4, -0.2) is 17.7 Å². The van der Waals surface area contributed by atoms with Crippen LogP contribution in [0, 0.1) is 0 Å². The minimum Gasteiger partial charge on any atom is -0.507 e. The number of unbranched alkanes of at least 4 members (excludes halogenated alkanes) is 1. The van der Waals surface area contributed by atoms with Crippen molar-refractivity contribution in [1.82, 2.24) is 0 Å². The average molecular weight is 220 g/mol. The van der Waals surface area contributed by atoms with E-state index in [1.54, 1.807) is 30.3 Å². The normalized spacial score (nSPS) is 10.6. The standard InChI is InChI=1S/C13H16O3/c1-2-3-10-16-13(15)9-8-11-6-4-5-7-12(11)14/h4-9,14H,2-3,10H2,1H3/b9-8+. The minimum absolute atomic E-state index is 0.153. The van der Waals surface area contributed by atoms with Crippen LogP contribution in [0.25, 0.3) is 6.08 Å². The second kappa shape index (κ2) is 6.67. The quantitative estimate of drug-likeness (QED) is 0.471. The summed E-state index contributed by atoms with van der Waals surface area (Å²) in [4.78, 5) is 11.2. The van der Waals surface area contributed by atoms with Gasteiger partial charge in [0.15, 0.2) is 0 Å². The van der Waals surface area contributed by atoms with Crippen molar-refractivity contribution < 1.29 is 14.6 Å². The third kappa shape index (κ3) is 4.17. The van der Waals surface area contributed by atoms with Crippen LogP contribution in [0.4, 0.5) is 0 Å². The van der Waals surface area contributed by atoms with Crippen LogP contribution in [0.5, 0.6) is 5.75 Å². The molecule has 1 aromatic carbocycles. The van der Waals surface area contributed by atoms with Crippen molar-refractivity contribution in [2.24, 2.45) is 0 Å². The number of carbonyl (C=O) groups excluding carboxylic acids is 1. The first-order valence-electron chi connectivity index (χ1n) is 5.37. The van der Waals surface area contributed by atoms with E-state index < -0.39 is 0 Å². The molecule has 3 heteroatoms. The highest BCUT2D eigenvalue weighted by molar-refractivity contribution is 5.87. The zero-order valence-electron chi connectivity index (χ0n) is 9.35. The lowest BCUT2D eigenvalue weighted by Crippen LogP contribution is -2.01. The molecule has 0 amide bonds. The van der Waals surface area contributed by atoms with Crippen molar-refractivity contribution in [3.05, 3.63) is 35.9 Å². The molecule has 0 aromatic heterocycles. The van der Waals surface area contributed by atoms with Gasteiger partial charge in [-0.25, -0.2) is 4.79 Å². The smallest absolute Gasteiger partial charge is 0.330 e. The first-order chi connectivity index (χ1) is 7.74. The zero-order chi connectivity index (χ0) is 11.8. The number of phenolic OH excluding ortho intramolecular Hbond substituents is 1. The van der Waals surface area contributed by atoms with E-state index in [2.05, 4.69) is 0 Å². The zero-order valence-corrected chi connectivity index (χ0v) is 9.35. The topological polar surface area (TPSA) is 46.5 Å².